The second-order valence-corrected chi connectivity index (χ2v) is 8.62. The van der Waals surface area contributed by atoms with Crippen molar-refractivity contribution in [3.8, 4) is 11.1 Å². The number of rotatable bonds is 4. The molecule has 0 unspecified atom stereocenters. The van der Waals surface area contributed by atoms with E-state index in [4.69, 9.17) is 17.3 Å². The lowest BCUT2D eigenvalue weighted by atomic mass is 10.0. The summed E-state index contributed by atoms with van der Waals surface area (Å²) in [5.41, 5.74) is 8.04. The van der Waals surface area contributed by atoms with Gasteiger partial charge in [-0.25, -0.2) is 9.97 Å². The van der Waals surface area contributed by atoms with Gasteiger partial charge in [-0.2, -0.15) is 17.0 Å². The number of nitrogens with two attached hydrogens (primary N) is 1. The van der Waals surface area contributed by atoms with Crippen LogP contribution in [0.2, 0.25) is 5.02 Å². The summed E-state index contributed by atoms with van der Waals surface area (Å²) in [4.78, 5) is 8.47. The van der Waals surface area contributed by atoms with E-state index in [1.54, 1.807) is 18.3 Å². The molecule has 1 aliphatic heterocycles. The predicted molar refractivity (Wildman–Crippen MR) is 98.2 cm³/mol. The smallest absolute Gasteiger partial charge is 0.282 e. The van der Waals surface area contributed by atoms with Gasteiger partial charge in [-0.1, -0.05) is 23.7 Å². The predicted octanol–water partition coefficient (Wildman–Crippen LogP) is 2.32. The molecule has 0 radical (unpaired) electrons. The van der Waals surface area contributed by atoms with Gasteiger partial charge in [0.15, 0.2) is 0 Å². The molecule has 25 heavy (non-hydrogen) atoms. The van der Waals surface area contributed by atoms with Gasteiger partial charge in [0, 0.05) is 37.4 Å². The molecule has 0 bridgehead atoms. The first-order chi connectivity index (χ1) is 11.8. The topological polar surface area (TPSA) is 92.4 Å². The molecular weight excluding hydrogens is 362 g/mol. The molecule has 2 aromatic rings. The van der Waals surface area contributed by atoms with Crippen LogP contribution in [0, 0.1) is 0 Å². The van der Waals surface area contributed by atoms with Crippen LogP contribution in [0.5, 0.6) is 0 Å². The number of benzene rings is 1. The quantitative estimate of drug-likeness (QED) is 0.877. The summed E-state index contributed by atoms with van der Waals surface area (Å²) in [7, 11) is -0.494. The Morgan fingerprint density at radius 3 is 2.60 bits per heavy atom. The van der Waals surface area contributed by atoms with Crippen molar-refractivity contribution in [2.24, 2.45) is 0 Å². The van der Waals surface area contributed by atoms with Crippen molar-refractivity contribution in [1.82, 2.24) is 18.6 Å². The van der Waals surface area contributed by atoms with E-state index in [1.807, 2.05) is 12.1 Å². The average molecular weight is 382 g/mol. The molecule has 1 aromatic heterocycles. The average Bonchev–Trinajstić information content (AvgIpc) is 3.06. The summed E-state index contributed by atoms with van der Waals surface area (Å²) in [5.74, 6) is 0.127. The monoisotopic (exact) mass is 381 g/mol. The molecule has 3 rings (SSSR count). The number of anilines is 1. The molecule has 0 aliphatic carbocycles. The lowest BCUT2D eigenvalue weighted by molar-refractivity contribution is 0.358. The van der Waals surface area contributed by atoms with E-state index < -0.39 is 10.2 Å². The first kappa shape index (κ1) is 18.1. The van der Waals surface area contributed by atoms with Crippen molar-refractivity contribution in [2.45, 2.75) is 18.9 Å². The van der Waals surface area contributed by atoms with E-state index in [-0.39, 0.29) is 12.0 Å². The van der Waals surface area contributed by atoms with Crippen LogP contribution in [0.15, 0.2) is 30.5 Å². The minimum Gasteiger partial charge on any atom is -0.368 e. The van der Waals surface area contributed by atoms with Crippen LogP contribution in [0.1, 0.15) is 24.6 Å². The Morgan fingerprint density at radius 2 is 1.96 bits per heavy atom. The second-order valence-electron chi connectivity index (χ2n) is 6.09. The van der Waals surface area contributed by atoms with E-state index in [9.17, 15) is 8.42 Å². The number of aromatic nitrogens is 2. The van der Waals surface area contributed by atoms with E-state index in [0.717, 1.165) is 17.5 Å². The molecule has 1 fully saturated rings. The second kappa shape index (κ2) is 6.87. The van der Waals surface area contributed by atoms with Gasteiger partial charge in [0.2, 0.25) is 5.95 Å². The van der Waals surface area contributed by atoms with Gasteiger partial charge in [0.1, 0.15) is 0 Å². The Hall–Kier alpha value is -1.74. The maximum absolute atomic E-state index is 12.7. The van der Waals surface area contributed by atoms with Crippen molar-refractivity contribution < 1.29 is 8.42 Å². The number of hydrogen-bond acceptors (Lipinski definition) is 5. The highest BCUT2D eigenvalue weighted by Gasteiger charge is 2.38. The Bertz CT molecular complexity index is 871. The minimum absolute atomic E-state index is 0.127. The highest BCUT2D eigenvalue weighted by Crippen LogP contribution is 2.38. The zero-order chi connectivity index (χ0) is 18.2. The van der Waals surface area contributed by atoms with Gasteiger partial charge in [-0.05, 0) is 30.5 Å². The van der Waals surface area contributed by atoms with Gasteiger partial charge < -0.3 is 5.73 Å². The number of nitrogen functional groups attached to an aromatic ring is 1. The maximum Gasteiger partial charge on any atom is 0.282 e. The molecular formula is C16H20ClN5O2S. The van der Waals surface area contributed by atoms with E-state index in [0.29, 0.717) is 23.7 Å². The van der Waals surface area contributed by atoms with Crippen molar-refractivity contribution in [1.29, 1.82) is 0 Å². The molecule has 1 aromatic carbocycles. The first-order valence-electron chi connectivity index (χ1n) is 7.88. The summed E-state index contributed by atoms with van der Waals surface area (Å²) in [6.07, 6.45) is 3.09. The molecule has 1 saturated heterocycles. The van der Waals surface area contributed by atoms with Crippen LogP contribution in [0.4, 0.5) is 5.95 Å². The van der Waals surface area contributed by atoms with Gasteiger partial charge >= 0.3 is 0 Å². The third kappa shape index (κ3) is 3.48. The molecule has 2 N–H and O–H groups in total. The van der Waals surface area contributed by atoms with Gasteiger partial charge in [0.25, 0.3) is 10.2 Å². The van der Waals surface area contributed by atoms with Crippen molar-refractivity contribution in [3.05, 3.63) is 41.2 Å². The summed E-state index contributed by atoms with van der Waals surface area (Å²) < 4.78 is 28.0. The molecule has 0 amide bonds. The Morgan fingerprint density at radius 1 is 1.28 bits per heavy atom. The maximum atomic E-state index is 12.7. The van der Waals surface area contributed by atoms with Crippen LogP contribution in [0.3, 0.4) is 0 Å². The Kier molecular flexibility index (Phi) is 4.97. The standard InChI is InChI=1S/C16H20ClN5O2S/c1-21(2)25(23,24)22-9-3-4-14(22)15-13(10-19-16(18)20-15)11-5-7-12(17)8-6-11/h5-8,10,14H,3-4,9H2,1-2H3,(H2,18,19,20)/t14-/m0/s1. The van der Waals surface area contributed by atoms with Crippen molar-refractivity contribution in [2.75, 3.05) is 26.4 Å². The molecule has 1 aliphatic rings. The summed E-state index contributed by atoms with van der Waals surface area (Å²) in [6.45, 7) is 0.454. The SMILES string of the molecule is CN(C)S(=O)(=O)N1CCC[C@H]1c1nc(N)ncc1-c1ccc(Cl)cc1. The highest BCUT2D eigenvalue weighted by molar-refractivity contribution is 7.86. The van der Waals surface area contributed by atoms with Crippen LogP contribution in [-0.4, -0.2) is 47.6 Å². The molecule has 0 spiro atoms. The Labute approximate surface area is 152 Å². The van der Waals surface area contributed by atoms with Crippen LogP contribution in [0.25, 0.3) is 11.1 Å². The fraction of sp³-hybridized carbons (Fsp3) is 0.375. The van der Waals surface area contributed by atoms with E-state index >= 15 is 0 Å². The molecule has 0 saturated carbocycles. The van der Waals surface area contributed by atoms with Gasteiger partial charge in [-0.15, -0.1) is 0 Å². The van der Waals surface area contributed by atoms with Gasteiger partial charge in [-0.3, -0.25) is 0 Å². The third-order valence-electron chi connectivity index (χ3n) is 4.27. The molecule has 7 nitrogen and oxygen atoms in total. The van der Waals surface area contributed by atoms with Crippen molar-refractivity contribution >= 4 is 27.8 Å². The largest absolute Gasteiger partial charge is 0.368 e. The minimum atomic E-state index is -3.55. The fourth-order valence-corrected chi connectivity index (χ4v) is 4.45. The van der Waals surface area contributed by atoms with E-state index in [1.165, 1.54) is 22.7 Å². The van der Waals surface area contributed by atoms with Gasteiger partial charge in [0.05, 0.1) is 11.7 Å². The highest BCUT2D eigenvalue weighted by atomic mass is 35.5. The van der Waals surface area contributed by atoms with Crippen LogP contribution in [-0.2, 0) is 10.2 Å². The van der Waals surface area contributed by atoms with E-state index in [2.05, 4.69) is 9.97 Å². The summed E-state index contributed by atoms with van der Waals surface area (Å²) in [5, 5.41) is 0.624. The van der Waals surface area contributed by atoms with Crippen LogP contribution >= 0.6 is 11.6 Å². The van der Waals surface area contributed by atoms with Crippen LogP contribution < -0.4 is 5.73 Å². The Balaban J connectivity index is 2.10. The lowest BCUT2D eigenvalue weighted by Gasteiger charge is -2.27. The summed E-state index contributed by atoms with van der Waals surface area (Å²) in [6, 6.07) is 6.91. The molecule has 134 valence electrons. The zero-order valence-electron chi connectivity index (χ0n) is 14.1. The number of halogens is 1. The number of hydrogen-bond donors (Lipinski definition) is 1. The normalized spacial score (nSPS) is 18.8. The first-order valence-corrected chi connectivity index (χ1v) is 9.66. The fourth-order valence-electron chi connectivity index (χ4n) is 3.01. The molecule has 2 heterocycles. The lowest BCUT2D eigenvalue weighted by Crippen LogP contribution is -2.39. The van der Waals surface area contributed by atoms with Crippen molar-refractivity contribution in [3.63, 3.8) is 0 Å². The molecule has 1 atom stereocenters. The number of nitrogens with zero attached hydrogens (tertiary/aromatic N) is 4. The molecule has 9 heteroatoms. The third-order valence-corrected chi connectivity index (χ3v) is 6.47. The summed E-state index contributed by atoms with van der Waals surface area (Å²) >= 11 is 5.96. The zero-order valence-corrected chi connectivity index (χ0v) is 15.6.